The number of hydrogen-bond donors (Lipinski definition) is 1. The molecule has 86 valence electrons. The molecular formula is C9H11BrN4S2. The lowest BCUT2D eigenvalue weighted by Gasteiger charge is -2.13. The maximum atomic E-state index is 5.75. The van der Waals surface area contributed by atoms with E-state index in [0.29, 0.717) is 5.00 Å². The van der Waals surface area contributed by atoms with Crippen LogP contribution < -0.4 is 5.73 Å². The van der Waals surface area contributed by atoms with Crippen molar-refractivity contribution >= 4 is 43.8 Å². The standard InChI is InChI=1S/C9H11BrN4S2/c1-14(3-6-2-8(10)15-5-6)4-7-9(11)16-13-12-7/h2,5H,3-4,11H2,1H3. The zero-order valence-corrected chi connectivity index (χ0v) is 11.9. The summed E-state index contributed by atoms with van der Waals surface area (Å²) in [5, 5.41) is 6.85. The second kappa shape index (κ2) is 5.22. The summed E-state index contributed by atoms with van der Waals surface area (Å²) in [7, 11) is 2.05. The Bertz CT molecular complexity index is 468. The van der Waals surface area contributed by atoms with Crippen LogP contribution in [-0.4, -0.2) is 21.5 Å². The van der Waals surface area contributed by atoms with E-state index in [0.717, 1.165) is 22.6 Å². The third kappa shape index (κ3) is 3.00. The fourth-order valence-corrected chi connectivity index (χ4v) is 3.02. The van der Waals surface area contributed by atoms with Crippen molar-refractivity contribution in [3.63, 3.8) is 0 Å². The van der Waals surface area contributed by atoms with Crippen molar-refractivity contribution in [2.75, 3.05) is 12.8 Å². The second-order valence-corrected chi connectivity index (χ2v) is 6.59. The predicted octanol–water partition coefficient (Wildman–Crippen LogP) is 2.58. The van der Waals surface area contributed by atoms with E-state index in [9.17, 15) is 0 Å². The molecule has 2 N–H and O–H groups in total. The predicted molar refractivity (Wildman–Crippen MR) is 71.5 cm³/mol. The van der Waals surface area contributed by atoms with Crippen molar-refractivity contribution in [1.29, 1.82) is 0 Å². The van der Waals surface area contributed by atoms with E-state index in [2.05, 4.69) is 41.9 Å². The third-order valence-electron chi connectivity index (χ3n) is 2.08. The minimum absolute atomic E-state index is 0.707. The van der Waals surface area contributed by atoms with E-state index in [1.807, 2.05) is 7.05 Å². The van der Waals surface area contributed by atoms with Gasteiger partial charge in [-0.2, -0.15) is 0 Å². The van der Waals surface area contributed by atoms with Gasteiger partial charge in [0.2, 0.25) is 0 Å². The summed E-state index contributed by atoms with van der Waals surface area (Å²) in [6, 6.07) is 2.13. The molecule has 0 bridgehead atoms. The van der Waals surface area contributed by atoms with Gasteiger partial charge in [-0.25, -0.2) is 0 Å². The Labute approximate surface area is 110 Å². The molecule has 7 heteroatoms. The number of aromatic nitrogens is 2. The number of halogens is 1. The molecule has 0 aliphatic rings. The Morgan fingerprint density at radius 2 is 2.31 bits per heavy atom. The fourth-order valence-electron chi connectivity index (χ4n) is 1.38. The zero-order valence-electron chi connectivity index (χ0n) is 8.68. The highest BCUT2D eigenvalue weighted by Gasteiger charge is 2.08. The number of hydrogen-bond acceptors (Lipinski definition) is 6. The van der Waals surface area contributed by atoms with Gasteiger partial charge in [-0.05, 0) is 40.0 Å². The van der Waals surface area contributed by atoms with Gasteiger partial charge in [-0.1, -0.05) is 4.49 Å². The van der Waals surface area contributed by atoms with Crippen LogP contribution in [0.3, 0.4) is 0 Å². The maximum absolute atomic E-state index is 5.75. The molecular weight excluding hydrogens is 308 g/mol. The lowest BCUT2D eigenvalue weighted by Crippen LogP contribution is -2.17. The van der Waals surface area contributed by atoms with Crippen LogP contribution in [0.1, 0.15) is 11.3 Å². The minimum atomic E-state index is 0.707. The van der Waals surface area contributed by atoms with Crippen molar-refractivity contribution in [3.8, 4) is 0 Å². The monoisotopic (exact) mass is 318 g/mol. The average molecular weight is 319 g/mol. The highest BCUT2D eigenvalue weighted by Crippen LogP contribution is 2.22. The highest BCUT2D eigenvalue weighted by molar-refractivity contribution is 9.11. The van der Waals surface area contributed by atoms with Crippen LogP contribution in [0, 0.1) is 0 Å². The molecule has 0 aromatic carbocycles. The largest absolute Gasteiger partial charge is 0.388 e. The lowest BCUT2D eigenvalue weighted by molar-refractivity contribution is 0.316. The molecule has 0 aliphatic heterocycles. The zero-order chi connectivity index (χ0) is 11.5. The lowest BCUT2D eigenvalue weighted by atomic mass is 10.3. The first-order valence-corrected chi connectivity index (χ1v) is 7.08. The van der Waals surface area contributed by atoms with Gasteiger partial charge in [-0.3, -0.25) is 4.90 Å². The Hall–Kier alpha value is -0.500. The van der Waals surface area contributed by atoms with Gasteiger partial charge in [0.05, 0.1) is 3.79 Å². The quantitative estimate of drug-likeness (QED) is 0.941. The molecule has 0 saturated carbocycles. The molecule has 0 radical (unpaired) electrons. The SMILES string of the molecule is CN(Cc1csc(Br)c1)Cc1nnsc1N. The molecule has 0 atom stereocenters. The van der Waals surface area contributed by atoms with Gasteiger partial charge in [0, 0.05) is 24.6 Å². The van der Waals surface area contributed by atoms with Gasteiger partial charge in [-0.15, -0.1) is 16.4 Å². The van der Waals surface area contributed by atoms with Crippen molar-refractivity contribution < 1.29 is 0 Å². The molecule has 0 aliphatic carbocycles. The maximum Gasteiger partial charge on any atom is 0.132 e. The molecule has 0 amide bonds. The Balaban J connectivity index is 1.94. The fraction of sp³-hybridized carbons (Fsp3) is 0.333. The summed E-state index contributed by atoms with van der Waals surface area (Å²) in [5.74, 6) is 0. The minimum Gasteiger partial charge on any atom is -0.388 e. The van der Waals surface area contributed by atoms with E-state index >= 15 is 0 Å². The van der Waals surface area contributed by atoms with E-state index < -0.39 is 0 Å². The summed E-state index contributed by atoms with van der Waals surface area (Å²) in [6.07, 6.45) is 0. The van der Waals surface area contributed by atoms with Gasteiger partial charge < -0.3 is 5.73 Å². The normalized spacial score (nSPS) is 11.2. The van der Waals surface area contributed by atoms with Gasteiger partial charge in [0.1, 0.15) is 10.7 Å². The number of rotatable bonds is 4. The van der Waals surface area contributed by atoms with Crippen LogP contribution in [0.5, 0.6) is 0 Å². The average Bonchev–Trinajstić information content (AvgIpc) is 2.77. The Morgan fingerprint density at radius 3 is 2.88 bits per heavy atom. The number of nitrogens with two attached hydrogens (primary N) is 1. The van der Waals surface area contributed by atoms with E-state index in [-0.39, 0.29) is 0 Å². The van der Waals surface area contributed by atoms with Crippen molar-refractivity contribution in [2.24, 2.45) is 0 Å². The molecule has 2 heterocycles. The van der Waals surface area contributed by atoms with Crippen molar-refractivity contribution in [1.82, 2.24) is 14.5 Å². The van der Waals surface area contributed by atoms with Gasteiger partial charge >= 0.3 is 0 Å². The van der Waals surface area contributed by atoms with Crippen LogP contribution in [0.4, 0.5) is 5.00 Å². The van der Waals surface area contributed by atoms with Crippen LogP contribution in [0.25, 0.3) is 0 Å². The Kier molecular flexibility index (Phi) is 3.91. The Morgan fingerprint density at radius 1 is 1.50 bits per heavy atom. The number of nitrogens with zero attached hydrogens (tertiary/aromatic N) is 3. The number of anilines is 1. The summed E-state index contributed by atoms with van der Waals surface area (Å²) >= 11 is 6.39. The van der Waals surface area contributed by atoms with E-state index in [1.54, 1.807) is 11.3 Å². The van der Waals surface area contributed by atoms with Crippen LogP contribution in [0.15, 0.2) is 15.2 Å². The summed E-state index contributed by atoms with van der Waals surface area (Å²) in [4.78, 5) is 2.17. The van der Waals surface area contributed by atoms with E-state index in [4.69, 9.17) is 5.73 Å². The molecule has 0 unspecified atom stereocenters. The van der Waals surface area contributed by atoms with Crippen LogP contribution in [0.2, 0.25) is 0 Å². The van der Waals surface area contributed by atoms with Crippen LogP contribution in [-0.2, 0) is 13.1 Å². The molecule has 0 saturated heterocycles. The van der Waals surface area contributed by atoms with Crippen molar-refractivity contribution in [2.45, 2.75) is 13.1 Å². The van der Waals surface area contributed by atoms with Crippen LogP contribution >= 0.6 is 38.8 Å². The topological polar surface area (TPSA) is 55.0 Å². The van der Waals surface area contributed by atoms with Gasteiger partial charge in [0.25, 0.3) is 0 Å². The smallest absolute Gasteiger partial charge is 0.132 e. The highest BCUT2D eigenvalue weighted by atomic mass is 79.9. The molecule has 4 nitrogen and oxygen atoms in total. The summed E-state index contributed by atoms with van der Waals surface area (Å²) < 4.78 is 4.98. The molecule has 0 spiro atoms. The third-order valence-corrected chi connectivity index (χ3v) is 4.23. The van der Waals surface area contributed by atoms with Crippen molar-refractivity contribution in [3.05, 3.63) is 26.5 Å². The van der Waals surface area contributed by atoms with Gasteiger partial charge in [0.15, 0.2) is 0 Å². The molecule has 2 aromatic rings. The number of nitrogen functional groups attached to an aromatic ring is 1. The molecule has 16 heavy (non-hydrogen) atoms. The molecule has 0 fully saturated rings. The molecule has 2 aromatic heterocycles. The first kappa shape index (κ1) is 12.0. The summed E-state index contributed by atoms with van der Waals surface area (Å²) in [6.45, 7) is 1.62. The first-order valence-electron chi connectivity index (χ1n) is 4.63. The first-order chi connectivity index (χ1) is 7.65. The van der Waals surface area contributed by atoms with E-state index in [1.165, 1.54) is 17.1 Å². The number of thiophene rings is 1. The molecule has 2 rings (SSSR count). The summed E-state index contributed by atoms with van der Waals surface area (Å²) in [5.41, 5.74) is 7.90. The second-order valence-electron chi connectivity index (χ2n) is 3.52.